The van der Waals surface area contributed by atoms with Crippen LogP contribution in [0.5, 0.6) is 0 Å². The summed E-state index contributed by atoms with van der Waals surface area (Å²) in [5.41, 5.74) is 1.90. The van der Waals surface area contributed by atoms with Crippen LogP contribution in [0.2, 0.25) is 0 Å². The molecule has 0 aromatic heterocycles. The van der Waals surface area contributed by atoms with Gasteiger partial charge in [-0.3, -0.25) is 4.90 Å². The van der Waals surface area contributed by atoms with Gasteiger partial charge in [-0.1, -0.05) is 43.2 Å². The summed E-state index contributed by atoms with van der Waals surface area (Å²) in [6.45, 7) is 4.89. The molecule has 18 heavy (non-hydrogen) atoms. The van der Waals surface area contributed by atoms with Crippen molar-refractivity contribution in [2.75, 3.05) is 33.2 Å². The summed E-state index contributed by atoms with van der Waals surface area (Å²) in [6.07, 6.45) is 5.48. The Morgan fingerprint density at radius 1 is 0.889 bits per heavy atom. The van der Waals surface area contributed by atoms with Crippen LogP contribution in [0.3, 0.4) is 0 Å². The Bertz CT molecular complexity index is 373. The number of hydrogen-bond acceptors (Lipinski definition) is 2. The number of rotatable bonds is 2. The molecule has 0 bridgehead atoms. The lowest BCUT2D eigenvalue weighted by Gasteiger charge is -2.46. The lowest BCUT2D eigenvalue weighted by Crippen LogP contribution is -2.53. The number of hydrogen-bond donors (Lipinski definition) is 0. The van der Waals surface area contributed by atoms with E-state index < -0.39 is 0 Å². The van der Waals surface area contributed by atoms with Crippen molar-refractivity contribution in [3.8, 4) is 0 Å². The molecule has 1 aliphatic carbocycles. The van der Waals surface area contributed by atoms with E-state index >= 15 is 0 Å². The largest absolute Gasteiger partial charge is 0.304 e. The minimum atomic E-state index is 0.350. The average Bonchev–Trinajstić information content (AvgIpc) is 2.91. The molecular weight excluding hydrogens is 220 g/mol. The third-order valence-corrected chi connectivity index (χ3v) is 4.85. The fourth-order valence-electron chi connectivity index (χ4n) is 3.73. The van der Waals surface area contributed by atoms with Crippen LogP contribution >= 0.6 is 0 Å². The Kier molecular flexibility index (Phi) is 3.40. The first-order valence-electron chi connectivity index (χ1n) is 7.30. The SMILES string of the molecule is CN1CCN(C2(c3ccccc3)CCCC2)CC1. The van der Waals surface area contributed by atoms with E-state index in [1.807, 2.05) is 0 Å². The van der Waals surface area contributed by atoms with Crippen molar-refractivity contribution < 1.29 is 0 Å². The summed E-state index contributed by atoms with van der Waals surface area (Å²) in [5.74, 6) is 0. The molecule has 3 rings (SSSR count). The monoisotopic (exact) mass is 244 g/mol. The first-order chi connectivity index (χ1) is 8.81. The summed E-state index contributed by atoms with van der Waals surface area (Å²) in [6, 6.07) is 11.2. The Hall–Kier alpha value is -0.860. The van der Waals surface area contributed by atoms with Crippen LogP contribution in [0.15, 0.2) is 30.3 Å². The van der Waals surface area contributed by atoms with Crippen molar-refractivity contribution in [3.05, 3.63) is 35.9 Å². The van der Waals surface area contributed by atoms with Crippen LogP contribution in [-0.4, -0.2) is 43.0 Å². The van der Waals surface area contributed by atoms with Gasteiger partial charge >= 0.3 is 0 Å². The van der Waals surface area contributed by atoms with Crippen molar-refractivity contribution >= 4 is 0 Å². The van der Waals surface area contributed by atoms with Gasteiger partial charge in [-0.2, -0.15) is 0 Å². The molecule has 98 valence electrons. The summed E-state index contributed by atoms with van der Waals surface area (Å²) < 4.78 is 0. The summed E-state index contributed by atoms with van der Waals surface area (Å²) in [7, 11) is 2.24. The van der Waals surface area contributed by atoms with Crippen molar-refractivity contribution in [3.63, 3.8) is 0 Å². The van der Waals surface area contributed by atoms with Crippen LogP contribution in [0.1, 0.15) is 31.2 Å². The quantitative estimate of drug-likeness (QED) is 0.789. The van der Waals surface area contributed by atoms with Crippen molar-refractivity contribution in [2.45, 2.75) is 31.2 Å². The van der Waals surface area contributed by atoms with Crippen LogP contribution in [0.4, 0.5) is 0 Å². The molecule has 1 aromatic rings. The minimum Gasteiger partial charge on any atom is -0.304 e. The standard InChI is InChI=1S/C16H24N2/c1-17-11-13-18(14-12-17)16(9-5-6-10-16)15-7-3-2-4-8-15/h2-4,7-8H,5-6,9-14H2,1H3. The van der Waals surface area contributed by atoms with Gasteiger partial charge in [0.05, 0.1) is 0 Å². The zero-order valence-electron chi connectivity index (χ0n) is 11.4. The second-order valence-electron chi connectivity index (χ2n) is 5.90. The molecule has 2 heteroatoms. The molecule has 1 aromatic carbocycles. The predicted octanol–water partition coefficient (Wildman–Crippen LogP) is 2.70. The smallest absolute Gasteiger partial charge is 0.0461 e. The normalized spacial score (nSPS) is 25.4. The molecule has 0 atom stereocenters. The summed E-state index contributed by atoms with van der Waals surface area (Å²) >= 11 is 0. The average molecular weight is 244 g/mol. The molecule has 1 saturated carbocycles. The minimum absolute atomic E-state index is 0.350. The molecule has 1 heterocycles. The lowest BCUT2D eigenvalue weighted by molar-refractivity contribution is 0.0405. The van der Waals surface area contributed by atoms with E-state index in [2.05, 4.69) is 47.2 Å². The van der Waals surface area contributed by atoms with Gasteiger partial charge in [-0.05, 0) is 25.5 Å². The molecule has 0 N–H and O–H groups in total. The Labute approximate surface area is 111 Å². The van der Waals surface area contributed by atoms with E-state index in [0.717, 1.165) is 0 Å². The van der Waals surface area contributed by atoms with E-state index in [4.69, 9.17) is 0 Å². The highest BCUT2D eigenvalue weighted by atomic mass is 15.3. The van der Waals surface area contributed by atoms with Gasteiger partial charge in [0.15, 0.2) is 0 Å². The maximum absolute atomic E-state index is 2.76. The number of benzene rings is 1. The maximum Gasteiger partial charge on any atom is 0.0461 e. The highest BCUT2D eigenvalue weighted by Gasteiger charge is 2.41. The molecule has 0 radical (unpaired) electrons. The first-order valence-corrected chi connectivity index (χ1v) is 7.30. The molecule has 1 saturated heterocycles. The summed E-state index contributed by atoms with van der Waals surface area (Å²) in [4.78, 5) is 5.21. The van der Waals surface area contributed by atoms with Gasteiger partial charge < -0.3 is 4.90 Å². The third-order valence-electron chi connectivity index (χ3n) is 4.85. The van der Waals surface area contributed by atoms with Gasteiger partial charge in [0.2, 0.25) is 0 Å². The van der Waals surface area contributed by atoms with E-state index in [9.17, 15) is 0 Å². The molecule has 0 spiro atoms. The van der Waals surface area contributed by atoms with E-state index in [1.165, 1.54) is 51.9 Å². The highest BCUT2D eigenvalue weighted by molar-refractivity contribution is 5.26. The Balaban J connectivity index is 1.87. The fourth-order valence-corrected chi connectivity index (χ4v) is 3.73. The zero-order valence-corrected chi connectivity index (χ0v) is 11.4. The van der Waals surface area contributed by atoms with Gasteiger partial charge in [0.1, 0.15) is 0 Å². The summed E-state index contributed by atoms with van der Waals surface area (Å²) in [5, 5.41) is 0. The highest BCUT2D eigenvalue weighted by Crippen LogP contribution is 2.44. The molecule has 2 nitrogen and oxygen atoms in total. The van der Waals surface area contributed by atoms with Crippen molar-refractivity contribution in [1.82, 2.24) is 9.80 Å². The van der Waals surface area contributed by atoms with E-state index in [-0.39, 0.29) is 0 Å². The molecular formula is C16H24N2. The van der Waals surface area contributed by atoms with E-state index in [0.29, 0.717) is 5.54 Å². The Morgan fingerprint density at radius 2 is 1.50 bits per heavy atom. The van der Waals surface area contributed by atoms with Crippen LogP contribution < -0.4 is 0 Å². The van der Waals surface area contributed by atoms with Gasteiger partial charge in [0, 0.05) is 31.7 Å². The second-order valence-corrected chi connectivity index (χ2v) is 5.90. The molecule has 0 unspecified atom stereocenters. The number of likely N-dealkylation sites (N-methyl/N-ethyl adjacent to an activating group) is 1. The molecule has 1 aliphatic heterocycles. The fraction of sp³-hybridized carbons (Fsp3) is 0.625. The number of nitrogens with zero attached hydrogens (tertiary/aromatic N) is 2. The third kappa shape index (κ3) is 2.08. The molecule has 0 amide bonds. The molecule has 2 fully saturated rings. The predicted molar refractivity (Wildman–Crippen MR) is 75.7 cm³/mol. The van der Waals surface area contributed by atoms with Crippen molar-refractivity contribution in [1.29, 1.82) is 0 Å². The topological polar surface area (TPSA) is 6.48 Å². The zero-order chi connectivity index (χ0) is 12.4. The van der Waals surface area contributed by atoms with Gasteiger partial charge in [0.25, 0.3) is 0 Å². The Morgan fingerprint density at radius 3 is 2.11 bits per heavy atom. The molecule has 2 aliphatic rings. The van der Waals surface area contributed by atoms with E-state index in [1.54, 1.807) is 5.56 Å². The second kappa shape index (κ2) is 5.02. The number of piperazine rings is 1. The van der Waals surface area contributed by atoms with Crippen LogP contribution in [0, 0.1) is 0 Å². The van der Waals surface area contributed by atoms with Gasteiger partial charge in [-0.25, -0.2) is 0 Å². The lowest BCUT2D eigenvalue weighted by atomic mass is 9.85. The maximum atomic E-state index is 2.76. The van der Waals surface area contributed by atoms with Crippen molar-refractivity contribution in [2.24, 2.45) is 0 Å². The first kappa shape index (κ1) is 12.2. The van der Waals surface area contributed by atoms with Crippen LogP contribution in [-0.2, 0) is 5.54 Å². The van der Waals surface area contributed by atoms with Gasteiger partial charge in [-0.15, -0.1) is 0 Å². The van der Waals surface area contributed by atoms with Crippen LogP contribution in [0.25, 0.3) is 0 Å².